The highest BCUT2D eigenvalue weighted by molar-refractivity contribution is 5.88. The molecule has 1 heterocycles. The van der Waals surface area contributed by atoms with E-state index in [2.05, 4.69) is 60.1 Å². The van der Waals surface area contributed by atoms with E-state index < -0.39 is 36.4 Å². The number of aliphatic carboxylic acids is 3. The molecule has 0 fully saturated rings. The van der Waals surface area contributed by atoms with Gasteiger partial charge in [0.05, 0.1) is 12.8 Å². The quantitative estimate of drug-likeness (QED) is 0.331. The van der Waals surface area contributed by atoms with Gasteiger partial charge < -0.3 is 29.8 Å². The summed E-state index contributed by atoms with van der Waals surface area (Å²) >= 11 is 0. The SMILES string of the molecule is CCC(c1ccccc1)c1noc(CCN(CC)CC)n1.O=C(O)CC(O)(CC(=O)O)C(=O)O. The molecule has 1 aromatic carbocycles. The second-order valence-corrected chi connectivity index (χ2v) is 7.67. The van der Waals surface area contributed by atoms with Crippen molar-refractivity contribution in [3.05, 3.63) is 47.6 Å². The van der Waals surface area contributed by atoms with Crippen LogP contribution in [0.25, 0.3) is 0 Å². The molecule has 0 saturated carbocycles. The van der Waals surface area contributed by atoms with Crippen molar-refractivity contribution in [3.8, 4) is 0 Å². The standard InChI is InChI=1S/C17H25N3O.C6H8O7/c1-4-15(14-10-8-7-9-11-14)17-18-16(21-19-17)12-13-20(5-2)6-3;7-3(8)1-6(13,5(11)12)2-4(9)10/h7-11,15H,4-6,12-13H2,1-3H3;13H,1-2H2,(H,7,8)(H,9,10)(H,11,12). The molecule has 0 radical (unpaired) electrons. The van der Waals surface area contributed by atoms with E-state index in [4.69, 9.17) is 24.9 Å². The number of carboxylic acid groups (broad SMARTS) is 3. The zero-order valence-corrected chi connectivity index (χ0v) is 19.7. The van der Waals surface area contributed by atoms with E-state index in [-0.39, 0.29) is 5.92 Å². The summed E-state index contributed by atoms with van der Waals surface area (Å²) in [4.78, 5) is 37.4. The third-order valence-electron chi connectivity index (χ3n) is 5.23. The fourth-order valence-corrected chi connectivity index (χ4v) is 3.27. The van der Waals surface area contributed by atoms with E-state index in [0.29, 0.717) is 0 Å². The highest BCUT2D eigenvalue weighted by Gasteiger charge is 2.40. The molecule has 11 nitrogen and oxygen atoms in total. The maximum atomic E-state index is 10.3. The molecule has 188 valence electrons. The summed E-state index contributed by atoms with van der Waals surface area (Å²) in [6, 6.07) is 10.4. The van der Waals surface area contributed by atoms with Crippen molar-refractivity contribution in [2.75, 3.05) is 19.6 Å². The summed E-state index contributed by atoms with van der Waals surface area (Å²) in [5.41, 5.74) is -1.49. The van der Waals surface area contributed by atoms with Gasteiger partial charge in [0.2, 0.25) is 5.89 Å². The minimum Gasteiger partial charge on any atom is -0.481 e. The van der Waals surface area contributed by atoms with Crippen LogP contribution in [0.4, 0.5) is 0 Å². The van der Waals surface area contributed by atoms with Gasteiger partial charge in [-0.1, -0.05) is 56.3 Å². The fraction of sp³-hybridized carbons (Fsp3) is 0.522. The first-order valence-electron chi connectivity index (χ1n) is 11.0. The van der Waals surface area contributed by atoms with Gasteiger partial charge in [0, 0.05) is 18.9 Å². The lowest BCUT2D eigenvalue weighted by Crippen LogP contribution is -2.42. The van der Waals surface area contributed by atoms with Gasteiger partial charge in [-0.15, -0.1) is 0 Å². The predicted molar refractivity (Wildman–Crippen MR) is 121 cm³/mol. The van der Waals surface area contributed by atoms with Gasteiger partial charge in [-0.25, -0.2) is 4.79 Å². The second-order valence-electron chi connectivity index (χ2n) is 7.67. The Kier molecular flexibility index (Phi) is 11.9. The average molecular weight is 480 g/mol. The van der Waals surface area contributed by atoms with Gasteiger partial charge in [-0.3, -0.25) is 9.59 Å². The Balaban J connectivity index is 0.000000385. The van der Waals surface area contributed by atoms with E-state index in [1.165, 1.54) is 5.56 Å². The third kappa shape index (κ3) is 9.28. The number of hydrogen-bond donors (Lipinski definition) is 4. The highest BCUT2D eigenvalue weighted by Crippen LogP contribution is 2.25. The first kappa shape index (κ1) is 28.7. The van der Waals surface area contributed by atoms with Gasteiger partial charge in [0.25, 0.3) is 0 Å². The molecule has 0 aliphatic heterocycles. The Morgan fingerprint density at radius 3 is 2.00 bits per heavy atom. The van der Waals surface area contributed by atoms with Gasteiger partial charge >= 0.3 is 17.9 Å². The summed E-state index contributed by atoms with van der Waals surface area (Å²) < 4.78 is 5.42. The van der Waals surface area contributed by atoms with Crippen LogP contribution in [0.3, 0.4) is 0 Å². The van der Waals surface area contributed by atoms with Crippen LogP contribution in [-0.4, -0.2) is 78.6 Å². The first-order chi connectivity index (χ1) is 16.1. The molecule has 0 aliphatic rings. The Labute approximate surface area is 198 Å². The lowest BCUT2D eigenvalue weighted by molar-refractivity contribution is -0.170. The van der Waals surface area contributed by atoms with Crippen LogP contribution >= 0.6 is 0 Å². The summed E-state index contributed by atoms with van der Waals surface area (Å²) in [5.74, 6) is -3.25. The fourth-order valence-electron chi connectivity index (χ4n) is 3.27. The zero-order valence-electron chi connectivity index (χ0n) is 19.7. The Bertz CT molecular complexity index is 896. The molecule has 0 saturated heterocycles. The van der Waals surface area contributed by atoms with Crippen molar-refractivity contribution in [1.29, 1.82) is 0 Å². The third-order valence-corrected chi connectivity index (χ3v) is 5.23. The van der Waals surface area contributed by atoms with Crippen LogP contribution in [-0.2, 0) is 20.8 Å². The number of hydrogen-bond acceptors (Lipinski definition) is 8. The molecule has 4 N–H and O–H groups in total. The molecule has 1 aromatic heterocycles. The van der Waals surface area contributed by atoms with Crippen molar-refractivity contribution < 1.29 is 39.3 Å². The van der Waals surface area contributed by atoms with Crippen LogP contribution in [0.2, 0.25) is 0 Å². The second kappa shape index (κ2) is 14.1. The summed E-state index contributed by atoms with van der Waals surface area (Å²) in [6.07, 6.45) is -0.498. The van der Waals surface area contributed by atoms with Gasteiger partial charge in [0.15, 0.2) is 11.4 Å². The maximum Gasteiger partial charge on any atom is 0.336 e. The van der Waals surface area contributed by atoms with Gasteiger partial charge in [-0.2, -0.15) is 4.98 Å². The molecule has 34 heavy (non-hydrogen) atoms. The molecule has 2 aromatic rings. The highest BCUT2D eigenvalue weighted by atomic mass is 16.5. The van der Waals surface area contributed by atoms with Crippen molar-refractivity contribution in [2.45, 2.75) is 58.0 Å². The van der Waals surface area contributed by atoms with Crippen LogP contribution < -0.4 is 0 Å². The van der Waals surface area contributed by atoms with E-state index in [9.17, 15) is 14.4 Å². The van der Waals surface area contributed by atoms with E-state index >= 15 is 0 Å². The predicted octanol–water partition coefficient (Wildman–Crippen LogP) is 2.25. The van der Waals surface area contributed by atoms with Crippen molar-refractivity contribution >= 4 is 17.9 Å². The number of aromatic nitrogens is 2. The maximum absolute atomic E-state index is 10.3. The zero-order chi connectivity index (χ0) is 25.7. The van der Waals surface area contributed by atoms with Crippen LogP contribution in [0.1, 0.15) is 63.2 Å². The van der Waals surface area contributed by atoms with Crippen molar-refractivity contribution in [3.63, 3.8) is 0 Å². The normalized spacial score (nSPS) is 12.0. The van der Waals surface area contributed by atoms with Crippen LogP contribution in [0.15, 0.2) is 34.9 Å². The molecule has 1 atom stereocenters. The number of likely N-dealkylation sites (N-methyl/N-ethyl adjacent to an activating group) is 1. The molecule has 2 rings (SSSR count). The van der Waals surface area contributed by atoms with Crippen molar-refractivity contribution in [1.82, 2.24) is 15.0 Å². The first-order valence-corrected chi connectivity index (χ1v) is 11.0. The number of carboxylic acids is 3. The summed E-state index contributed by atoms with van der Waals surface area (Å²) in [7, 11) is 0. The lowest BCUT2D eigenvalue weighted by Gasteiger charge is -2.18. The van der Waals surface area contributed by atoms with E-state index in [1.54, 1.807) is 0 Å². The smallest absolute Gasteiger partial charge is 0.336 e. The number of aliphatic hydroxyl groups is 1. The summed E-state index contributed by atoms with van der Waals surface area (Å²) in [6.45, 7) is 9.58. The molecular formula is C23H33N3O8. The van der Waals surface area contributed by atoms with Crippen molar-refractivity contribution in [2.24, 2.45) is 0 Å². The average Bonchev–Trinajstić information content (AvgIpc) is 3.23. The molecule has 0 bridgehead atoms. The number of benzene rings is 1. The Hall–Kier alpha value is -3.31. The molecule has 11 heteroatoms. The topological polar surface area (TPSA) is 174 Å². The largest absolute Gasteiger partial charge is 0.481 e. The summed E-state index contributed by atoms with van der Waals surface area (Å²) in [5, 5.41) is 38.0. The molecule has 1 unspecified atom stereocenters. The number of rotatable bonds is 13. The number of carbonyl (C=O) groups is 3. The Morgan fingerprint density at radius 2 is 1.56 bits per heavy atom. The number of nitrogens with zero attached hydrogens (tertiary/aromatic N) is 3. The Morgan fingerprint density at radius 1 is 1.00 bits per heavy atom. The lowest BCUT2D eigenvalue weighted by atomic mass is 9.96. The van der Waals surface area contributed by atoms with Gasteiger partial charge in [-0.05, 0) is 25.1 Å². The molecular weight excluding hydrogens is 446 g/mol. The minimum absolute atomic E-state index is 0.220. The van der Waals surface area contributed by atoms with Gasteiger partial charge in [0.1, 0.15) is 0 Å². The molecule has 0 aliphatic carbocycles. The van der Waals surface area contributed by atoms with E-state index in [0.717, 1.165) is 44.2 Å². The monoisotopic (exact) mass is 479 g/mol. The van der Waals surface area contributed by atoms with E-state index in [1.807, 2.05) is 6.07 Å². The van der Waals surface area contributed by atoms with Crippen LogP contribution in [0.5, 0.6) is 0 Å². The molecule has 0 spiro atoms. The molecule has 0 amide bonds. The van der Waals surface area contributed by atoms with Crippen LogP contribution in [0, 0.1) is 0 Å². The minimum atomic E-state index is -2.74.